The molecule has 6 aromatic rings. The zero-order valence-corrected chi connectivity index (χ0v) is 34.2. The Morgan fingerprint density at radius 1 is 0.695 bits per heavy atom. The standard InChI is InChI=1S/C45H39N4.C7H8.C3H6/c1-3-14-33(41(46)31-42(47)34-16-6-4-7-17-34)26-28-49-43-21-11-10-20-38(43)40-30-36(23-25-45(40)49)35-22-24-44-39(29-35)32(2)15-12-13-27-48(44)37-18-8-5-9-19-37;1-7-5-3-2-4-6-7;1-3-2/h3-31,41H,2,46-47H2,1H3;2-6H,1H3;3H,1H2,2H3/q+1;;/b14-3-,15-12-,27-13-,33-26+,42-31-,49-28?;;. The number of nitrogens with zero attached hydrogens (tertiary/aromatic N) is 2. The molecular formula is C55H53N4+. The third kappa shape index (κ3) is 10.2. The van der Waals surface area contributed by atoms with Gasteiger partial charge in [0.05, 0.1) is 22.9 Å². The molecule has 0 fully saturated rings. The molecule has 0 amide bonds. The number of rotatable bonds is 7. The molecule has 0 aromatic heterocycles. The van der Waals surface area contributed by atoms with Crippen molar-refractivity contribution in [3.05, 3.63) is 242 Å². The average molecular weight is 770 g/mol. The van der Waals surface area contributed by atoms with Crippen LogP contribution >= 0.6 is 0 Å². The highest BCUT2D eigenvalue weighted by Gasteiger charge is 2.31. The number of aryl methyl sites for hydroxylation is 1. The zero-order chi connectivity index (χ0) is 41.6. The van der Waals surface area contributed by atoms with Crippen LogP contribution in [0.3, 0.4) is 0 Å². The molecule has 0 bridgehead atoms. The van der Waals surface area contributed by atoms with E-state index in [9.17, 15) is 0 Å². The maximum Gasteiger partial charge on any atom is 0.219 e. The second kappa shape index (κ2) is 20.2. The lowest BCUT2D eigenvalue weighted by Gasteiger charge is -2.25. The Kier molecular flexibility index (Phi) is 14.2. The molecule has 2 heterocycles. The van der Waals surface area contributed by atoms with E-state index < -0.39 is 0 Å². The van der Waals surface area contributed by atoms with Gasteiger partial charge in [-0.1, -0.05) is 140 Å². The molecule has 6 aromatic carbocycles. The van der Waals surface area contributed by atoms with Gasteiger partial charge in [-0.2, -0.15) is 4.58 Å². The van der Waals surface area contributed by atoms with E-state index in [0.717, 1.165) is 56.1 Å². The zero-order valence-electron chi connectivity index (χ0n) is 34.2. The summed E-state index contributed by atoms with van der Waals surface area (Å²) in [5.41, 5.74) is 28.2. The summed E-state index contributed by atoms with van der Waals surface area (Å²) in [5, 5.41) is 0. The van der Waals surface area contributed by atoms with Crippen molar-refractivity contribution in [1.29, 1.82) is 0 Å². The van der Waals surface area contributed by atoms with Crippen LogP contribution in [0.1, 0.15) is 30.5 Å². The second-order valence-corrected chi connectivity index (χ2v) is 14.2. The van der Waals surface area contributed by atoms with Crippen molar-refractivity contribution >= 4 is 40.2 Å². The number of hydrogen-bond acceptors (Lipinski definition) is 3. The van der Waals surface area contributed by atoms with Gasteiger partial charge < -0.3 is 16.4 Å². The van der Waals surface area contributed by atoms with Gasteiger partial charge in [0, 0.05) is 41.4 Å². The fourth-order valence-corrected chi connectivity index (χ4v) is 7.00. The van der Waals surface area contributed by atoms with E-state index in [4.69, 9.17) is 11.5 Å². The summed E-state index contributed by atoms with van der Waals surface area (Å²) < 4.78 is 2.24. The van der Waals surface area contributed by atoms with E-state index in [1.165, 1.54) is 16.7 Å². The Labute approximate surface area is 350 Å². The first-order valence-electron chi connectivity index (χ1n) is 19.9. The van der Waals surface area contributed by atoms with Crippen molar-refractivity contribution in [2.45, 2.75) is 26.8 Å². The molecule has 0 radical (unpaired) electrons. The van der Waals surface area contributed by atoms with Gasteiger partial charge in [-0.05, 0) is 103 Å². The van der Waals surface area contributed by atoms with Crippen LogP contribution in [-0.4, -0.2) is 12.3 Å². The monoisotopic (exact) mass is 769 g/mol. The Bertz CT molecular complexity index is 2570. The van der Waals surface area contributed by atoms with E-state index >= 15 is 0 Å². The Hall–Kier alpha value is -7.27. The molecule has 0 aliphatic carbocycles. The van der Waals surface area contributed by atoms with Crippen molar-refractivity contribution in [2.24, 2.45) is 11.5 Å². The molecule has 8 rings (SSSR count). The second-order valence-electron chi connectivity index (χ2n) is 14.2. The molecule has 4 N–H and O–H groups in total. The number of fused-ring (bicyclic) bond motifs is 4. The van der Waals surface area contributed by atoms with E-state index in [0.29, 0.717) is 5.70 Å². The summed E-state index contributed by atoms with van der Waals surface area (Å²) in [6, 6.07) is 52.1. The van der Waals surface area contributed by atoms with Gasteiger partial charge in [-0.3, -0.25) is 0 Å². The van der Waals surface area contributed by atoms with E-state index in [1.807, 2.05) is 92.7 Å². The van der Waals surface area contributed by atoms with Crippen LogP contribution in [0.5, 0.6) is 0 Å². The predicted molar refractivity (Wildman–Crippen MR) is 257 cm³/mol. The Morgan fingerprint density at radius 3 is 1.95 bits per heavy atom. The highest BCUT2D eigenvalue weighted by atomic mass is 15.1. The molecule has 1 unspecified atom stereocenters. The van der Waals surface area contributed by atoms with Crippen LogP contribution in [0, 0.1) is 6.92 Å². The molecule has 4 nitrogen and oxygen atoms in total. The molecule has 1 atom stereocenters. The topological polar surface area (TPSA) is 58.3 Å². The summed E-state index contributed by atoms with van der Waals surface area (Å²) in [4.78, 5) is 2.22. The number of allylic oxidation sites excluding steroid dienone is 7. The fourth-order valence-electron chi connectivity index (χ4n) is 7.00. The van der Waals surface area contributed by atoms with Gasteiger partial charge in [0.2, 0.25) is 11.4 Å². The van der Waals surface area contributed by atoms with Crippen molar-refractivity contribution in [1.82, 2.24) is 4.58 Å². The summed E-state index contributed by atoms with van der Waals surface area (Å²) in [6.07, 6.45) is 20.2. The average Bonchev–Trinajstić information content (AvgIpc) is 3.58. The number of anilines is 2. The van der Waals surface area contributed by atoms with Crippen molar-refractivity contribution < 1.29 is 0 Å². The van der Waals surface area contributed by atoms with E-state index in [1.54, 1.807) is 6.08 Å². The quantitative estimate of drug-likeness (QED) is 0.0964. The lowest BCUT2D eigenvalue weighted by Crippen LogP contribution is -2.21. The summed E-state index contributed by atoms with van der Waals surface area (Å²) in [5.74, 6) is 0. The van der Waals surface area contributed by atoms with Crippen molar-refractivity contribution in [2.75, 3.05) is 4.90 Å². The van der Waals surface area contributed by atoms with Crippen molar-refractivity contribution in [3.8, 4) is 22.3 Å². The largest absolute Gasteiger partial charge is 0.398 e. The van der Waals surface area contributed by atoms with Gasteiger partial charge in [0.25, 0.3) is 0 Å². The summed E-state index contributed by atoms with van der Waals surface area (Å²) in [6.45, 7) is 13.8. The van der Waals surface area contributed by atoms with Gasteiger partial charge in [-0.15, -0.1) is 6.58 Å². The first kappa shape index (κ1) is 41.4. The van der Waals surface area contributed by atoms with Gasteiger partial charge in [-0.25, -0.2) is 0 Å². The minimum absolute atomic E-state index is 0.372. The molecule has 2 aliphatic heterocycles. The summed E-state index contributed by atoms with van der Waals surface area (Å²) >= 11 is 0. The van der Waals surface area contributed by atoms with Crippen LogP contribution in [0.25, 0.3) is 33.5 Å². The van der Waals surface area contributed by atoms with Gasteiger partial charge >= 0.3 is 0 Å². The third-order valence-corrected chi connectivity index (χ3v) is 9.89. The Morgan fingerprint density at radius 2 is 1.29 bits per heavy atom. The van der Waals surface area contributed by atoms with Crippen LogP contribution in [0.4, 0.5) is 22.7 Å². The lowest BCUT2D eigenvalue weighted by atomic mass is 9.94. The first-order valence-corrected chi connectivity index (χ1v) is 19.9. The third-order valence-electron chi connectivity index (χ3n) is 9.89. The molecule has 0 spiro atoms. The van der Waals surface area contributed by atoms with Crippen LogP contribution in [-0.2, 0) is 0 Å². The molecular weight excluding hydrogens is 717 g/mol. The fraction of sp³-hybridized carbons (Fsp3) is 0.0727. The highest BCUT2D eigenvalue weighted by molar-refractivity contribution is 5.99. The molecule has 59 heavy (non-hydrogen) atoms. The minimum Gasteiger partial charge on any atom is -0.398 e. The van der Waals surface area contributed by atoms with Crippen molar-refractivity contribution in [3.63, 3.8) is 0 Å². The minimum atomic E-state index is -0.372. The van der Waals surface area contributed by atoms with Gasteiger partial charge in [0.1, 0.15) is 0 Å². The lowest BCUT2D eigenvalue weighted by molar-refractivity contribution is 0.979. The van der Waals surface area contributed by atoms with E-state index in [-0.39, 0.29) is 6.04 Å². The number of benzene rings is 6. The molecule has 2 aliphatic rings. The Balaban J connectivity index is 0.000000518. The molecule has 0 saturated heterocycles. The number of nitrogens with two attached hydrogens (primary N) is 2. The number of hydrogen-bond donors (Lipinski definition) is 2. The predicted octanol–water partition coefficient (Wildman–Crippen LogP) is 13.5. The van der Waals surface area contributed by atoms with Gasteiger partial charge in [0.15, 0.2) is 6.21 Å². The maximum atomic E-state index is 6.69. The normalized spacial score (nSPS) is 15.3. The van der Waals surface area contributed by atoms with Crippen LogP contribution in [0.2, 0.25) is 0 Å². The summed E-state index contributed by atoms with van der Waals surface area (Å²) in [7, 11) is 0. The van der Waals surface area contributed by atoms with Crippen LogP contribution in [0.15, 0.2) is 225 Å². The maximum absolute atomic E-state index is 6.69. The number of para-hydroxylation sites is 2. The highest BCUT2D eigenvalue weighted by Crippen LogP contribution is 2.46. The van der Waals surface area contributed by atoms with E-state index in [2.05, 4.69) is 157 Å². The van der Waals surface area contributed by atoms with Crippen LogP contribution < -0.4 is 20.9 Å². The molecule has 4 heteroatoms. The smallest absolute Gasteiger partial charge is 0.219 e. The SMILES string of the molecule is C=C1/C=C\C=C/N(c2ccccc2)c2ccc(-c3ccc4c(c3)-c3ccccc3[N+]4=C/C=C(\C=C/C)C(N)/C=C(\N)c3ccccc3)cc21.C=CC.Cc1ccccc1. The first-order chi connectivity index (χ1) is 28.8. The molecule has 0 saturated carbocycles. The molecule has 292 valence electrons.